The first-order valence-electron chi connectivity index (χ1n) is 8.67. The molecular weight excluding hydrogens is 338 g/mol. The second-order valence-electron chi connectivity index (χ2n) is 6.04. The summed E-state index contributed by atoms with van der Waals surface area (Å²) in [6, 6.07) is 24.3. The predicted octanol–water partition coefficient (Wildman–Crippen LogP) is 3.97. The van der Waals surface area contributed by atoms with Gasteiger partial charge in [-0.05, 0) is 42.0 Å². The normalized spacial score (nSPS) is 10.1. The summed E-state index contributed by atoms with van der Waals surface area (Å²) in [7, 11) is 1.61. The summed E-state index contributed by atoms with van der Waals surface area (Å²) in [6.45, 7) is 0. The summed E-state index contributed by atoms with van der Waals surface area (Å²) < 4.78 is 0. The Hall–Kier alpha value is -3.60. The van der Waals surface area contributed by atoms with Crippen molar-refractivity contribution in [1.29, 1.82) is 0 Å². The smallest absolute Gasteiger partial charge is 0.257 e. The molecular formula is C22H21N3O2. The number of para-hydroxylation sites is 2. The van der Waals surface area contributed by atoms with Gasteiger partial charge in [0.15, 0.2) is 0 Å². The van der Waals surface area contributed by atoms with Crippen LogP contribution in [0, 0.1) is 0 Å². The van der Waals surface area contributed by atoms with E-state index >= 15 is 0 Å². The standard InChI is InChI=1S/C22H21N3O2/c1-23-21(26)15-16-11-13-18(14-12-16)25-22(27)19-9-5-6-10-20(19)24-17-7-3-2-4-8-17/h2-14,24H,15H2,1H3,(H,23,26)(H,25,27). The number of hydrogen-bond acceptors (Lipinski definition) is 3. The van der Waals surface area contributed by atoms with Gasteiger partial charge in [-0.1, -0.05) is 42.5 Å². The lowest BCUT2D eigenvalue weighted by Crippen LogP contribution is -2.19. The molecule has 27 heavy (non-hydrogen) atoms. The summed E-state index contributed by atoms with van der Waals surface area (Å²) in [5, 5.41) is 8.76. The molecule has 3 aromatic rings. The maximum atomic E-state index is 12.7. The molecule has 5 heteroatoms. The number of amides is 2. The van der Waals surface area contributed by atoms with Gasteiger partial charge in [0.2, 0.25) is 5.91 Å². The molecule has 0 heterocycles. The summed E-state index contributed by atoms with van der Waals surface area (Å²) in [5.41, 5.74) is 3.76. The number of carbonyl (C=O) groups is 2. The molecule has 0 atom stereocenters. The van der Waals surface area contributed by atoms with Gasteiger partial charge in [-0.15, -0.1) is 0 Å². The molecule has 2 amide bonds. The zero-order valence-corrected chi connectivity index (χ0v) is 15.0. The quantitative estimate of drug-likeness (QED) is 0.624. The van der Waals surface area contributed by atoms with Crippen LogP contribution in [0.25, 0.3) is 0 Å². The topological polar surface area (TPSA) is 70.2 Å². The Labute approximate surface area is 158 Å². The Balaban J connectivity index is 1.72. The van der Waals surface area contributed by atoms with Gasteiger partial charge in [0, 0.05) is 18.4 Å². The third-order valence-electron chi connectivity index (χ3n) is 4.08. The van der Waals surface area contributed by atoms with Gasteiger partial charge in [-0.25, -0.2) is 0 Å². The van der Waals surface area contributed by atoms with Crippen molar-refractivity contribution in [3.63, 3.8) is 0 Å². The highest BCUT2D eigenvalue weighted by atomic mass is 16.2. The molecule has 0 saturated carbocycles. The summed E-state index contributed by atoms with van der Waals surface area (Å²) in [5.74, 6) is -0.249. The Morgan fingerprint density at radius 1 is 0.778 bits per heavy atom. The van der Waals surface area contributed by atoms with Crippen LogP contribution in [0.3, 0.4) is 0 Å². The van der Waals surface area contributed by atoms with E-state index in [0.717, 1.165) is 16.9 Å². The van der Waals surface area contributed by atoms with Crippen molar-refractivity contribution >= 4 is 28.9 Å². The molecule has 0 unspecified atom stereocenters. The molecule has 0 radical (unpaired) electrons. The average Bonchev–Trinajstić information content (AvgIpc) is 2.70. The molecule has 3 N–H and O–H groups in total. The maximum absolute atomic E-state index is 12.7. The molecule has 3 aromatic carbocycles. The van der Waals surface area contributed by atoms with Gasteiger partial charge < -0.3 is 16.0 Å². The molecule has 0 aliphatic heterocycles. The van der Waals surface area contributed by atoms with Crippen molar-refractivity contribution in [2.45, 2.75) is 6.42 Å². The van der Waals surface area contributed by atoms with E-state index in [4.69, 9.17) is 0 Å². The van der Waals surface area contributed by atoms with E-state index in [-0.39, 0.29) is 11.8 Å². The average molecular weight is 359 g/mol. The van der Waals surface area contributed by atoms with E-state index in [9.17, 15) is 9.59 Å². The zero-order chi connectivity index (χ0) is 19.1. The third-order valence-corrected chi connectivity index (χ3v) is 4.08. The van der Waals surface area contributed by atoms with Crippen molar-refractivity contribution in [1.82, 2.24) is 5.32 Å². The molecule has 5 nitrogen and oxygen atoms in total. The maximum Gasteiger partial charge on any atom is 0.257 e. The van der Waals surface area contributed by atoms with Crippen LogP contribution in [0.1, 0.15) is 15.9 Å². The highest BCUT2D eigenvalue weighted by molar-refractivity contribution is 6.08. The number of anilines is 3. The monoisotopic (exact) mass is 359 g/mol. The van der Waals surface area contributed by atoms with Crippen LogP contribution >= 0.6 is 0 Å². The van der Waals surface area contributed by atoms with Crippen molar-refractivity contribution in [2.75, 3.05) is 17.7 Å². The Kier molecular flexibility index (Phi) is 5.84. The number of hydrogen-bond donors (Lipinski definition) is 3. The third kappa shape index (κ3) is 4.95. The van der Waals surface area contributed by atoms with E-state index in [0.29, 0.717) is 17.7 Å². The van der Waals surface area contributed by atoms with Gasteiger partial charge in [-0.2, -0.15) is 0 Å². The Morgan fingerprint density at radius 3 is 2.15 bits per heavy atom. The second-order valence-corrected chi connectivity index (χ2v) is 6.04. The molecule has 136 valence electrons. The van der Waals surface area contributed by atoms with E-state index in [1.54, 1.807) is 25.2 Å². The van der Waals surface area contributed by atoms with Crippen LogP contribution in [0.15, 0.2) is 78.9 Å². The van der Waals surface area contributed by atoms with Gasteiger partial charge >= 0.3 is 0 Å². The number of nitrogens with one attached hydrogen (secondary N) is 3. The minimum Gasteiger partial charge on any atom is -0.359 e. The van der Waals surface area contributed by atoms with Gasteiger partial charge in [0.05, 0.1) is 17.7 Å². The van der Waals surface area contributed by atoms with E-state index in [1.807, 2.05) is 60.7 Å². The van der Waals surface area contributed by atoms with Crippen molar-refractivity contribution in [2.24, 2.45) is 0 Å². The first-order valence-corrected chi connectivity index (χ1v) is 8.67. The van der Waals surface area contributed by atoms with E-state index in [1.165, 1.54) is 0 Å². The SMILES string of the molecule is CNC(=O)Cc1ccc(NC(=O)c2ccccc2Nc2ccccc2)cc1. The first-order chi connectivity index (χ1) is 13.2. The predicted molar refractivity (Wildman–Crippen MR) is 108 cm³/mol. The fraction of sp³-hybridized carbons (Fsp3) is 0.0909. The fourth-order valence-corrected chi connectivity index (χ4v) is 2.65. The number of benzene rings is 3. The Morgan fingerprint density at radius 2 is 1.44 bits per heavy atom. The summed E-state index contributed by atoms with van der Waals surface area (Å²) in [6.07, 6.45) is 0.314. The number of likely N-dealkylation sites (N-methyl/N-ethyl adjacent to an activating group) is 1. The van der Waals surface area contributed by atoms with Crippen LogP contribution in [0.2, 0.25) is 0 Å². The first kappa shape index (κ1) is 18.2. The summed E-state index contributed by atoms with van der Waals surface area (Å²) in [4.78, 5) is 24.1. The van der Waals surface area contributed by atoms with Crippen molar-refractivity contribution in [3.05, 3.63) is 90.0 Å². The van der Waals surface area contributed by atoms with Gasteiger partial charge in [0.1, 0.15) is 0 Å². The lowest BCUT2D eigenvalue weighted by atomic mass is 10.1. The highest BCUT2D eigenvalue weighted by Gasteiger charge is 2.11. The molecule has 0 bridgehead atoms. The molecule has 0 aliphatic carbocycles. The largest absolute Gasteiger partial charge is 0.359 e. The number of rotatable bonds is 6. The molecule has 0 saturated heterocycles. The van der Waals surface area contributed by atoms with Gasteiger partial charge in [0.25, 0.3) is 5.91 Å². The Bertz CT molecular complexity index is 922. The molecule has 0 fully saturated rings. The second kappa shape index (κ2) is 8.67. The van der Waals surface area contributed by atoms with Gasteiger partial charge in [-0.3, -0.25) is 9.59 Å². The van der Waals surface area contributed by atoms with Crippen LogP contribution in [-0.4, -0.2) is 18.9 Å². The van der Waals surface area contributed by atoms with Crippen molar-refractivity contribution < 1.29 is 9.59 Å². The lowest BCUT2D eigenvalue weighted by molar-refractivity contribution is -0.119. The van der Waals surface area contributed by atoms with Crippen LogP contribution in [-0.2, 0) is 11.2 Å². The van der Waals surface area contributed by atoms with Crippen LogP contribution in [0.5, 0.6) is 0 Å². The minimum atomic E-state index is -0.201. The zero-order valence-electron chi connectivity index (χ0n) is 15.0. The lowest BCUT2D eigenvalue weighted by Gasteiger charge is -2.12. The number of carbonyl (C=O) groups excluding carboxylic acids is 2. The van der Waals surface area contributed by atoms with Crippen LogP contribution < -0.4 is 16.0 Å². The van der Waals surface area contributed by atoms with E-state index < -0.39 is 0 Å². The summed E-state index contributed by atoms with van der Waals surface area (Å²) >= 11 is 0. The molecule has 0 aromatic heterocycles. The molecule has 0 aliphatic rings. The molecule has 3 rings (SSSR count). The fourth-order valence-electron chi connectivity index (χ4n) is 2.65. The van der Waals surface area contributed by atoms with E-state index in [2.05, 4.69) is 16.0 Å². The van der Waals surface area contributed by atoms with Crippen LogP contribution in [0.4, 0.5) is 17.1 Å². The van der Waals surface area contributed by atoms with Crippen molar-refractivity contribution in [3.8, 4) is 0 Å². The highest BCUT2D eigenvalue weighted by Crippen LogP contribution is 2.22. The minimum absolute atomic E-state index is 0.0484. The molecule has 0 spiro atoms.